The molecule has 0 bridgehead atoms. The van der Waals surface area contributed by atoms with Crippen molar-refractivity contribution < 1.29 is 4.79 Å². The van der Waals surface area contributed by atoms with Crippen LogP contribution in [0.2, 0.25) is 0 Å². The molecule has 2 aromatic rings. The number of nitrogens with zero attached hydrogens (tertiary/aromatic N) is 2. The number of hydrogen-bond acceptors (Lipinski definition) is 3. The minimum atomic E-state index is -0.0715. The molecule has 0 spiro atoms. The van der Waals surface area contributed by atoms with Crippen molar-refractivity contribution in [1.29, 1.82) is 0 Å². The lowest BCUT2D eigenvalue weighted by molar-refractivity contribution is 0.0732. The Labute approximate surface area is 112 Å². The number of nitrogens with two attached hydrogens (primary N) is 1. The van der Waals surface area contributed by atoms with Crippen LogP contribution >= 0.6 is 0 Å². The van der Waals surface area contributed by atoms with Gasteiger partial charge in [-0.2, -0.15) is 5.10 Å². The zero-order chi connectivity index (χ0) is 14.0. The van der Waals surface area contributed by atoms with Crippen molar-refractivity contribution in [1.82, 2.24) is 15.1 Å². The number of benzene rings is 1. The van der Waals surface area contributed by atoms with Crippen LogP contribution in [-0.2, 0) is 0 Å². The zero-order valence-corrected chi connectivity index (χ0v) is 11.6. The van der Waals surface area contributed by atoms with Crippen molar-refractivity contribution in [2.45, 2.75) is 32.7 Å². The topological polar surface area (TPSA) is 75.0 Å². The number of fused-ring (bicyclic) bond motifs is 1. The number of hydrogen-bond donors (Lipinski definition) is 2. The van der Waals surface area contributed by atoms with Crippen LogP contribution in [0, 0.1) is 0 Å². The van der Waals surface area contributed by atoms with Crippen molar-refractivity contribution in [3.63, 3.8) is 0 Å². The number of rotatable bonds is 4. The first kappa shape index (κ1) is 13.4. The van der Waals surface area contributed by atoms with E-state index in [9.17, 15) is 4.79 Å². The average Bonchev–Trinajstić information content (AvgIpc) is 2.80. The highest BCUT2D eigenvalue weighted by Gasteiger charge is 2.21. The maximum atomic E-state index is 12.4. The summed E-state index contributed by atoms with van der Waals surface area (Å²) in [4.78, 5) is 14.2. The molecule has 0 aliphatic carbocycles. The maximum absolute atomic E-state index is 12.4. The van der Waals surface area contributed by atoms with Gasteiger partial charge in [-0.3, -0.25) is 9.89 Å². The lowest BCUT2D eigenvalue weighted by Gasteiger charge is -2.23. The minimum Gasteiger partial charge on any atom is -0.399 e. The molecule has 102 valence electrons. The van der Waals surface area contributed by atoms with E-state index in [1.54, 1.807) is 17.0 Å². The van der Waals surface area contributed by atoms with E-state index in [2.05, 4.69) is 17.1 Å². The molecule has 0 aliphatic rings. The zero-order valence-electron chi connectivity index (χ0n) is 11.6. The summed E-state index contributed by atoms with van der Waals surface area (Å²) in [7, 11) is 1.81. The van der Waals surface area contributed by atoms with E-state index in [-0.39, 0.29) is 11.9 Å². The Hall–Kier alpha value is -2.04. The van der Waals surface area contributed by atoms with Gasteiger partial charge in [-0.05, 0) is 31.5 Å². The number of aromatic amines is 1. The van der Waals surface area contributed by atoms with Crippen LogP contribution in [0.3, 0.4) is 0 Å². The molecule has 0 radical (unpaired) electrons. The molecule has 1 heterocycles. The number of nitrogen functional groups attached to an aromatic ring is 1. The fourth-order valence-electron chi connectivity index (χ4n) is 2.17. The van der Waals surface area contributed by atoms with E-state index in [0.717, 1.165) is 23.7 Å². The van der Waals surface area contributed by atoms with Crippen LogP contribution < -0.4 is 5.73 Å². The molecule has 0 saturated heterocycles. The smallest absolute Gasteiger partial charge is 0.274 e. The molecular weight excluding hydrogens is 240 g/mol. The predicted octanol–water partition coefficient (Wildman–Crippen LogP) is 2.41. The summed E-state index contributed by atoms with van der Waals surface area (Å²) in [5.41, 5.74) is 7.67. The second-order valence-corrected chi connectivity index (χ2v) is 4.93. The Morgan fingerprint density at radius 3 is 2.95 bits per heavy atom. The van der Waals surface area contributed by atoms with Crippen molar-refractivity contribution in [3.05, 3.63) is 23.9 Å². The molecule has 1 amide bonds. The van der Waals surface area contributed by atoms with E-state index in [4.69, 9.17) is 5.73 Å². The van der Waals surface area contributed by atoms with Gasteiger partial charge in [0, 0.05) is 24.2 Å². The summed E-state index contributed by atoms with van der Waals surface area (Å²) in [6.45, 7) is 4.16. The summed E-state index contributed by atoms with van der Waals surface area (Å²) < 4.78 is 0. The first-order valence-corrected chi connectivity index (χ1v) is 6.55. The Kier molecular flexibility index (Phi) is 3.74. The van der Waals surface area contributed by atoms with E-state index in [0.29, 0.717) is 11.4 Å². The van der Waals surface area contributed by atoms with E-state index in [1.165, 1.54) is 0 Å². The van der Waals surface area contributed by atoms with Gasteiger partial charge < -0.3 is 10.6 Å². The summed E-state index contributed by atoms with van der Waals surface area (Å²) in [5.74, 6) is -0.0715. The first-order chi connectivity index (χ1) is 9.04. The summed E-state index contributed by atoms with van der Waals surface area (Å²) in [5, 5.41) is 7.78. The van der Waals surface area contributed by atoms with Gasteiger partial charge in [0.15, 0.2) is 5.69 Å². The lowest BCUT2D eigenvalue weighted by atomic mass is 10.1. The summed E-state index contributed by atoms with van der Waals surface area (Å²) in [6, 6.07) is 5.61. The number of carbonyl (C=O) groups is 1. The van der Waals surface area contributed by atoms with Gasteiger partial charge in [0.05, 0.1) is 5.52 Å². The maximum Gasteiger partial charge on any atom is 0.274 e. The molecule has 3 N–H and O–H groups in total. The molecule has 5 nitrogen and oxygen atoms in total. The standard InChI is InChI=1S/C14H20N4O/c1-4-5-9(2)18(3)14(19)13-11-8-10(15)6-7-12(11)16-17-13/h6-9H,4-5,15H2,1-3H3,(H,16,17)/t9-/m1/s1. The van der Waals surface area contributed by atoms with Crippen molar-refractivity contribution in [2.75, 3.05) is 12.8 Å². The van der Waals surface area contributed by atoms with Crippen LogP contribution in [0.15, 0.2) is 18.2 Å². The minimum absolute atomic E-state index is 0.0715. The highest BCUT2D eigenvalue weighted by Crippen LogP contribution is 2.20. The summed E-state index contributed by atoms with van der Waals surface area (Å²) >= 11 is 0. The second-order valence-electron chi connectivity index (χ2n) is 4.93. The van der Waals surface area contributed by atoms with Crippen LogP contribution in [0.25, 0.3) is 10.9 Å². The van der Waals surface area contributed by atoms with Crippen molar-refractivity contribution >= 4 is 22.5 Å². The Bertz CT molecular complexity index is 590. The highest BCUT2D eigenvalue weighted by atomic mass is 16.2. The van der Waals surface area contributed by atoms with Gasteiger partial charge in [0.1, 0.15) is 0 Å². The third kappa shape index (κ3) is 2.54. The van der Waals surface area contributed by atoms with Gasteiger partial charge in [0.25, 0.3) is 5.91 Å². The second kappa shape index (κ2) is 5.30. The summed E-state index contributed by atoms with van der Waals surface area (Å²) in [6.07, 6.45) is 2.03. The Balaban J connectivity index is 2.33. The fourth-order valence-corrected chi connectivity index (χ4v) is 2.17. The normalized spacial score (nSPS) is 12.6. The van der Waals surface area contributed by atoms with Crippen LogP contribution in [-0.4, -0.2) is 34.1 Å². The number of nitrogens with one attached hydrogen (secondary N) is 1. The van der Waals surface area contributed by atoms with Crippen LogP contribution in [0.1, 0.15) is 37.2 Å². The molecule has 1 atom stereocenters. The SMILES string of the molecule is CCC[C@@H](C)N(C)C(=O)c1n[nH]c2ccc(N)cc12. The predicted molar refractivity (Wildman–Crippen MR) is 77.0 cm³/mol. The van der Waals surface area contributed by atoms with Gasteiger partial charge in [-0.15, -0.1) is 0 Å². The molecule has 19 heavy (non-hydrogen) atoms. The number of amides is 1. The van der Waals surface area contributed by atoms with Crippen LogP contribution in [0.5, 0.6) is 0 Å². The molecule has 1 aromatic heterocycles. The largest absolute Gasteiger partial charge is 0.399 e. The van der Waals surface area contributed by atoms with E-state index >= 15 is 0 Å². The first-order valence-electron chi connectivity index (χ1n) is 6.55. The van der Waals surface area contributed by atoms with Gasteiger partial charge in [0.2, 0.25) is 0 Å². The average molecular weight is 260 g/mol. The Morgan fingerprint density at radius 1 is 1.53 bits per heavy atom. The van der Waals surface area contributed by atoms with Gasteiger partial charge in [-0.25, -0.2) is 0 Å². The van der Waals surface area contributed by atoms with E-state index in [1.807, 2.05) is 20.0 Å². The van der Waals surface area contributed by atoms with Gasteiger partial charge in [-0.1, -0.05) is 13.3 Å². The highest BCUT2D eigenvalue weighted by molar-refractivity contribution is 6.05. The number of aromatic nitrogens is 2. The quantitative estimate of drug-likeness (QED) is 0.829. The third-order valence-electron chi connectivity index (χ3n) is 3.48. The van der Waals surface area contributed by atoms with Crippen molar-refractivity contribution in [2.24, 2.45) is 0 Å². The molecule has 0 saturated carbocycles. The molecule has 5 heteroatoms. The number of anilines is 1. The molecule has 0 fully saturated rings. The third-order valence-corrected chi connectivity index (χ3v) is 3.48. The Morgan fingerprint density at radius 2 is 2.26 bits per heavy atom. The molecule has 0 unspecified atom stereocenters. The molecule has 2 rings (SSSR count). The van der Waals surface area contributed by atoms with Crippen LogP contribution in [0.4, 0.5) is 5.69 Å². The molecule has 0 aliphatic heterocycles. The number of H-pyrrole nitrogens is 1. The number of carbonyl (C=O) groups excluding carboxylic acids is 1. The van der Waals surface area contributed by atoms with E-state index < -0.39 is 0 Å². The monoisotopic (exact) mass is 260 g/mol. The molecular formula is C14H20N4O. The fraction of sp³-hybridized carbons (Fsp3) is 0.429. The van der Waals surface area contributed by atoms with Gasteiger partial charge >= 0.3 is 0 Å². The molecule has 1 aromatic carbocycles. The van der Waals surface area contributed by atoms with Crippen molar-refractivity contribution in [3.8, 4) is 0 Å². The lowest BCUT2D eigenvalue weighted by Crippen LogP contribution is -2.35.